The van der Waals surface area contributed by atoms with Crippen molar-refractivity contribution in [1.82, 2.24) is 4.90 Å². The predicted molar refractivity (Wildman–Crippen MR) is 106 cm³/mol. The first-order valence-corrected chi connectivity index (χ1v) is 9.28. The maximum Gasteiger partial charge on any atom is 0.0373 e. The Hall–Kier alpha value is -1.80. The minimum absolute atomic E-state index is 0.412. The Morgan fingerprint density at radius 1 is 1.04 bits per heavy atom. The highest BCUT2D eigenvalue weighted by molar-refractivity contribution is 5.53. The molecule has 2 rings (SSSR count). The summed E-state index contributed by atoms with van der Waals surface area (Å²) in [6, 6.07) is 18.1. The van der Waals surface area contributed by atoms with Gasteiger partial charge in [0.25, 0.3) is 0 Å². The van der Waals surface area contributed by atoms with E-state index in [0.29, 0.717) is 6.04 Å². The second kappa shape index (κ2) is 9.48. The van der Waals surface area contributed by atoms with E-state index in [0.717, 1.165) is 19.6 Å². The predicted octanol–water partition coefficient (Wildman–Crippen LogP) is 5.79. The minimum atomic E-state index is 0.412. The van der Waals surface area contributed by atoms with Gasteiger partial charge in [-0.2, -0.15) is 0 Å². The lowest BCUT2D eigenvalue weighted by atomic mass is 10.0. The zero-order valence-corrected chi connectivity index (χ0v) is 15.7. The topological polar surface area (TPSA) is 15.3 Å². The molecule has 2 aromatic rings. The highest BCUT2D eigenvalue weighted by Crippen LogP contribution is 2.27. The number of nitrogens with one attached hydrogen (secondary N) is 1. The first-order chi connectivity index (χ1) is 11.7. The summed E-state index contributed by atoms with van der Waals surface area (Å²) in [6.07, 6.45) is 2.47. The zero-order chi connectivity index (χ0) is 17.4. The van der Waals surface area contributed by atoms with Gasteiger partial charge in [0.1, 0.15) is 0 Å². The van der Waals surface area contributed by atoms with E-state index >= 15 is 0 Å². The van der Waals surface area contributed by atoms with Crippen LogP contribution in [0, 0.1) is 6.92 Å². The lowest BCUT2D eigenvalue weighted by Crippen LogP contribution is -2.28. The molecule has 0 saturated heterocycles. The van der Waals surface area contributed by atoms with Gasteiger partial charge in [-0.25, -0.2) is 0 Å². The number of unbranched alkanes of at least 4 members (excludes halogenated alkanes) is 1. The third-order valence-corrected chi connectivity index (χ3v) is 4.69. The molecule has 130 valence electrons. The molecule has 0 bridgehead atoms. The van der Waals surface area contributed by atoms with Crippen LogP contribution >= 0.6 is 0 Å². The molecule has 0 aliphatic carbocycles. The lowest BCUT2D eigenvalue weighted by Gasteiger charge is -2.30. The quantitative estimate of drug-likeness (QED) is 0.628. The van der Waals surface area contributed by atoms with Crippen molar-refractivity contribution >= 4 is 5.69 Å². The molecule has 2 heteroatoms. The normalized spacial score (nSPS) is 12.4. The lowest BCUT2D eigenvalue weighted by molar-refractivity contribution is 0.198. The summed E-state index contributed by atoms with van der Waals surface area (Å²) in [7, 11) is 0. The average molecular weight is 325 g/mol. The van der Waals surface area contributed by atoms with E-state index in [2.05, 4.69) is 86.4 Å². The van der Waals surface area contributed by atoms with Gasteiger partial charge in [-0.15, -0.1) is 0 Å². The molecule has 0 spiro atoms. The van der Waals surface area contributed by atoms with Crippen molar-refractivity contribution in [3.8, 4) is 0 Å². The van der Waals surface area contributed by atoms with Crippen molar-refractivity contribution < 1.29 is 0 Å². The van der Waals surface area contributed by atoms with Crippen molar-refractivity contribution in [3.63, 3.8) is 0 Å². The van der Waals surface area contributed by atoms with Gasteiger partial charge in [0, 0.05) is 24.8 Å². The van der Waals surface area contributed by atoms with Crippen LogP contribution in [-0.4, -0.2) is 18.0 Å². The largest absolute Gasteiger partial charge is 0.385 e. The molecule has 0 fully saturated rings. The molecule has 0 radical (unpaired) electrons. The van der Waals surface area contributed by atoms with Gasteiger partial charge in [-0.05, 0) is 56.5 Å². The number of anilines is 1. The fraction of sp³-hybridized carbons (Fsp3) is 0.455. The van der Waals surface area contributed by atoms with E-state index < -0.39 is 0 Å². The molecular weight excluding hydrogens is 292 g/mol. The monoisotopic (exact) mass is 324 g/mol. The van der Waals surface area contributed by atoms with Crippen molar-refractivity contribution in [2.75, 3.05) is 18.4 Å². The molecule has 0 saturated carbocycles. The van der Waals surface area contributed by atoms with E-state index in [4.69, 9.17) is 0 Å². The SMILES string of the molecule is CCCCN(Cc1ccccc1)[C@H](C)c1ccc(C)c(NCC)c1. The highest BCUT2D eigenvalue weighted by Gasteiger charge is 2.16. The van der Waals surface area contributed by atoms with Gasteiger partial charge >= 0.3 is 0 Å². The average Bonchev–Trinajstić information content (AvgIpc) is 2.61. The second-order valence-corrected chi connectivity index (χ2v) is 6.59. The minimum Gasteiger partial charge on any atom is -0.385 e. The van der Waals surface area contributed by atoms with Gasteiger partial charge in [-0.1, -0.05) is 55.8 Å². The molecule has 0 aromatic heterocycles. The van der Waals surface area contributed by atoms with Crippen LogP contribution in [0.3, 0.4) is 0 Å². The molecular formula is C22H32N2. The maximum atomic E-state index is 3.48. The number of benzene rings is 2. The van der Waals surface area contributed by atoms with Gasteiger partial charge in [-0.3, -0.25) is 4.90 Å². The molecule has 2 nitrogen and oxygen atoms in total. The van der Waals surface area contributed by atoms with Crippen LogP contribution in [0.1, 0.15) is 56.3 Å². The Labute approximate surface area is 147 Å². The van der Waals surface area contributed by atoms with Crippen LogP contribution in [0.25, 0.3) is 0 Å². The summed E-state index contributed by atoms with van der Waals surface area (Å²) in [6.45, 7) is 12.0. The summed E-state index contributed by atoms with van der Waals surface area (Å²) in [4.78, 5) is 2.60. The molecule has 24 heavy (non-hydrogen) atoms. The molecule has 0 amide bonds. The summed E-state index contributed by atoms with van der Waals surface area (Å²) >= 11 is 0. The number of hydrogen-bond donors (Lipinski definition) is 1. The molecule has 0 aliphatic heterocycles. The zero-order valence-electron chi connectivity index (χ0n) is 15.7. The molecule has 1 N–H and O–H groups in total. The Balaban J connectivity index is 2.20. The van der Waals surface area contributed by atoms with Crippen LogP contribution in [0.4, 0.5) is 5.69 Å². The smallest absolute Gasteiger partial charge is 0.0373 e. The van der Waals surface area contributed by atoms with Crippen molar-refractivity contribution in [3.05, 3.63) is 65.2 Å². The van der Waals surface area contributed by atoms with Gasteiger partial charge in [0.2, 0.25) is 0 Å². The molecule has 0 unspecified atom stereocenters. The number of rotatable bonds is 9. The highest BCUT2D eigenvalue weighted by atomic mass is 15.1. The third-order valence-electron chi connectivity index (χ3n) is 4.69. The van der Waals surface area contributed by atoms with E-state index in [-0.39, 0.29) is 0 Å². The summed E-state index contributed by atoms with van der Waals surface area (Å²) < 4.78 is 0. The first-order valence-electron chi connectivity index (χ1n) is 9.28. The number of nitrogens with zero attached hydrogens (tertiary/aromatic N) is 1. The third kappa shape index (κ3) is 5.10. The summed E-state index contributed by atoms with van der Waals surface area (Å²) in [5, 5.41) is 3.48. The van der Waals surface area contributed by atoms with E-state index in [1.165, 1.54) is 35.2 Å². The first kappa shape index (κ1) is 18.5. The van der Waals surface area contributed by atoms with Gasteiger partial charge < -0.3 is 5.32 Å². The standard InChI is InChI=1S/C22H32N2/c1-5-7-15-24(17-20-11-9-8-10-12-20)19(4)21-14-13-18(3)22(16-21)23-6-2/h8-14,16,19,23H,5-7,15,17H2,1-4H3/t19-/m1/s1. The van der Waals surface area contributed by atoms with Crippen LogP contribution < -0.4 is 5.32 Å². The fourth-order valence-electron chi connectivity index (χ4n) is 3.08. The Morgan fingerprint density at radius 2 is 1.79 bits per heavy atom. The Kier molecular flexibility index (Phi) is 7.33. The number of aryl methyl sites for hydroxylation is 1. The number of hydrogen-bond acceptors (Lipinski definition) is 2. The van der Waals surface area contributed by atoms with Crippen LogP contribution in [-0.2, 0) is 6.54 Å². The second-order valence-electron chi connectivity index (χ2n) is 6.59. The Bertz CT molecular complexity index is 607. The molecule has 0 aliphatic rings. The van der Waals surface area contributed by atoms with E-state index in [1.807, 2.05) is 0 Å². The molecule has 1 atom stereocenters. The molecule has 2 aromatic carbocycles. The van der Waals surface area contributed by atoms with Gasteiger partial charge in [0.05, 0.1) is 0 Å². The van der Waals surface area contributed by atoms with Gasteiger partial charge in [0.15, 0.2) is 0 Å². The van der Waals surface area contributed by atoms with E-state index in [9.17, 15) is 0 Å². The van der Waals surface area contributed by atoms with Crippen molar-refractivity contribution in [2.24, 2.45) is 0 Å². The van der Waals surface area contributed by atoms with E-state index in [1.54, 1.807) is 0 Å². The summed E-state index contributed by atoms with van der Waals surface area (Å²) in [5.41, 5.74) is 5.36. The van der Waals surface area contributed by atoms with Crippen LogP contribution in [0.15, 0.2) is 48.5 Å². The maximum absolute atomic E-state index is 3.48. The van der Waals surface area contributed by atoms with Crippen LogP contribution in [0.5, 0.6) is 0 Å². The van der Waals surface area contributed by atoms with Crippen molar-refractivity contribution in [1.29, 1.82) is 0 Å². The fourth-order valence-corrected chi connectivity index (χ4v) is 3.08. The van der Waals surface area contributed by atoms with Crippen LogP contribution in [0.2, 0.25) is 0 Å². The Morgan fingerprint density at radius 3 is 2.46 bits per heavy atom. The molecule has 0 heterocycles. The van der Waals surface area contributed by atoms with Crippen molar-refractivity contribution in [2.45, 2.75) is 53.1 Å². The summed E-state index contributed by atoms with van der Waals surface area (Å²) in [5.74, 6) is 0.